The molecule has 3 aromatic rings. The summed E-state index contributed by atoms with van der Waals surface area (Å²) in [6.07, 6.45) is -0.636. The Balaban J connectivity index is 2.16. The van der Waals surface area contributed by atoms with Crippen LogP contribution in [0.15, 0.2) is 42.5 Å². The molecule has 1 amide bonds. The van der Waals surface area contributed by atoms with Crippen molar-refractivity contribution in [2.24, 2.45) is 0 Å². The minimum Gasteiger partial charge on any atom is -0.497 e. The first kappa shape index (κ1) is 18.6. The molecule has 0 fully saturated rings. The smallest absolute Gasteiger partial charge is 0.412 e. The molecular weight excluding hydrogens is 366 g/mol. The molecule has 2 aromatic carbocycles. The van der Waals surface area contributed by atoms with Gasteiger partial charge < -0.3 is 14.0 Å². The van der Waals surface area contributed by atoms with E-state index >= 15 is 0 Å². The Bertz CT molecular complexity index is 1040. The highest BCUT2D eigenvalue weighted by molar-refractivity contribution is 6.17. The number of nitriles is 1. The number of ether oxygens (including phenoxy) is 2. The van der Waals surface area contributed by atoms with E-state index in [-0.39, 0.29) is 6.07 Å². The van der Waals surface area contributed by atoms with Crippen molar-refractivity contribution in [2.45, 2.75) is 13.5 Å². The molecule has 0 bridgehead atoms. The normalized spacial score (nSPS) is 10.4. The lowest BCUT2D eigenvalue weighted by atomic mass is 10.1. The number of amides is 1. The van der Waals surface area contributed by atoms with E-state index in [1.54, 1.807) is 19.2 Å². The molecule has 0 spiro atoms. The number of fused-ring (bicyclic) bond motifs is 1. The lowest BCUT2D eigenvalue weighted by Gasteiger charge is -2.11. The molecular formula is C20H18ClN3O3. The van der Waals surface area contributed by atoms with Crippen molar-refractivity contribution in [3.8, 4) is 23.1 Å². The van der Waals surface area contributed by atoms with E-state index in [9.17, 15) is 10.1 Å². The zero-order valence-electron chi connectivity index (χ0n) is 15.0. The first-order chi connectivity index (χ1) is 13.1. The fourth-order valence-corrected chi connectivity index (χ4v) is 3.24. The van der Waals surface area contributed by atoms with E-state index in [1.165, 1.54) is 0 Å². The predicted molar refractivity (Wildman–Crippen MR) is 105 cm³/mol. The Morgan fingerprint density at radius 3 is 2.78 bits per heavy atom. The summed E-state index contributed by atoms with van der Waals surface area (Å²) in [4.78, 5) is 11.6. The Morgan fingerprint density at radius 2 is 2.11 bits per heavy atom. The fourth-order valence-electron chi connectivity index (χ4n) is 3.15. The number of carbonyl (C=O) groups is 1. The highest BCUT2D eigenvalue weighted by atomic mass is 35.5. The summed E-state index contributed by atoms with van der Waals surface area (Å²) in [5.41, 5.74) is 3.65. The highest BCUT2D eigenvalue weighted by Gasteiger charge is 2.19. The topological polar surface area (TPSA) is 76.3 Å². The molecule has 3 rings (SSSR count). The summed E-state index contributed by atoms with van der Waals surface area (Å²) in [6.45, 7) is 2.69. The minimum absolute atomic E-state index is 0.226. The van der Waals surface area contributed by atoms with Crippen LogP contribution in [0.4, 0.5) is 10.5 Å². The Morgan fingerprint density at radius 1 is 1.30 bits per heavy atom. The van der Waals surface area contributed by atoms with E-state index in [0.29, 0.717) is 17.8 Å². The molecule has 1 heterocycles. The highest BCUT2D eigenvalue weighted by Crippen LogP contribution is 2.36. The third-order valence-electron chi connectivity index (χ3n) is 4.27. The van der Waals surface area contributed by atoms with E-state index in [0.717, 1.165) is 27.9 Å². The van der Waals surface area contributed by atoms with Crippen LogP contribution in [-0.4, -0.2) is 23.8 Å². The average Bonchev–Trinajstić information content (AvgIpc) is 3.00. The number of carbonyl (C=O) groups excluding carboxylic acids is 1. The summed E-state index contributed by atoms with van der Waals surface area (Å²) < 4.78 is 12.1. The molecule has 0 unspecified atom stereocenters. The third kappa shape index (κ3) is 3.55. The zero-order chi connectivity index (χ0) is 19.4. The van der Waals surface area contributed by atoms with Crippen LogP contribution in [0.25, 0.3) is 22.2 Å². The number of hydrogen-bond donors (Lipinski definition) is 1. The van der Waals surface area contributed by atoms with Gasteiger partial charge in [-0.25, -0.2) is 4.79 Å². The van der Waals surface area contributed by atoms with Gasteiger partial charge in [-0.1, -0.05) is 23.7 Å². The molecule has 0 saturated carbocycles. The summed E-state index contributed by atoms with van der Waals surface area (Å²) in [7, 11) is 1.61. The molecule has 0 aliphatic carbocycles. The summed E-state index contributed by atoms with van der Waals surface area (Å²) >= 11 is 5.41. The molecule has 0 aliphatic heterocycles. The van der Waals surface area contributed by atoms with Gasteiger partial charge in [0.25, 0.3) is 0 Å². The van der Waals surface area contributed by atoms with Gasteiger partial charge in [0.15, 0.2) is 6.07 Å². The number of alkyl halides is 1. The van der Waals surface area contributed by atoms with Crippen molar-refractivity contribution in [3.63, 3.8) is 0 Å². The molecule has 7 heteroatoms. The Hall–Kier alpha value is -3.17. The Labute approximate surface area is 161 Å². The number of anilines is 1. The number of aromatic nitrogens is 1. The second-order valence-corrected chi connectivity index (χ2v) is 5.93. The van der Waals surface area contributed by atoms with Crippen LogP contribution in [0.3, 0.4) is 0 Å². The standard InChI is InChI=1S/C20H18ClN3O3/c1-3-24-18-10-15(26-2)7-8-16(18)17(11-22)19(24)13-5-4-6-14(9-13)23-20(25)27-12-21/h4-10H,3,12H2,1-2H3,(H,23,25). The van der Waals surface area contributed by atoms with Crippen LogP contribution >= 0.6 is 11.6 Å². The number of methoxy groups -OCH3 is 1. The van der Waals surface area contributed by atoms with Crippen molar-refractivity contribution in [1.82, 2.24) is 4.57 Å². The van der Waals surface area contributed by atoms with Crippen LogP contribution in [0.2, 0.25) is 0 Å². The summed E-state index contributed by atoms with van der Waals surface area (Å²) in [5, 5.41) is 13.3. The average molecular weight is 384 g/mol. The molecule has 0 aliphatic rings. The largest absolute Gasteiger partial charge is 0.497 e. The molecule has 1 aromatic heterocycles. The quantitative estimate of drug-likeness (QED) is 0.632. The molecule has 0 saturated heterocycles. The number of hydrogen-bond acceptors (Lipinski definition) is 4. The molecule has 1 N–H and O–H groups in total. The lowest BCUT2D eigenvalue weighted by Crippen LogP contribution is -2.12. The molecule has 0 atom stereocenters. The van der Waals surface area contributed by atoms with Crippen LogP contribution in [0, 0.1) is 11.3 Å². The molecule has 6 nitrogen and oxygen atoms in total. The van der Waals surface area contributed by atoms with Gasteiger partial charge >= 0.3 is 6.09 Å². The summed E-state index contributed by atoms with van der Waals surface area (Å²) in [5.74, 6) is 0.727. The van der Waals surface area contributed by atoms with Gasteiger partial charge in [0.2, 0.25) is 0 Å². The van der Waals surface area contributed by atoms with Gasteiger partial charge in [0.1, 0.15) is 11.8 Å². The van der Waals surface area contributed by atoms with Crippen molar-refractivity contribution >= 4 is 34.3 Å². The van der Waals surface area contributed by atoms with Crippen LogP contribution in [0.1, 0.15) is 12.5 Å². The first-order valence-corrected chi connectivity index (χ1v) is 8.86. The van der Waals surface area contributed by atoms with Gasteiger partial charge in [-0.3, -0.25) is 5.32 Å². The van der Waals surface area contributed by atoms with Crippen LogP contribution < -0.4 is 10.1 Å². The third-order valence-corrected chi connectivity index (χ3v) is 4.38. The number of halogens is 1. The second-order valence-electron chi connectivity index (χ2n) is 5.71. The molecule has 138 valence electrons. The fraction of sp³-hybridized carbons (Fsp3) is 0.200. The van der Waals surface area contributed by atoms with E-state index in [1.807, 2.05) is 37.3 Å². The maximum atomic E-state index is 11.6. The van der Waals surface area contributed by atoms with E-state index in [2.05, 4.69) is 16.0 Å². The SMILES string of the molecule is CCn1c(-c2cccc(NC(=O)OCCl)c2)c(C#N)c2ccc(OC)cc21. The Kier molecular flexibility index (Phi) is 5.53. The lowest BCUT2D eigenvalue weighted by molar-refractivity contribution is 0.180. The van der Waals surface area contributed by atoms with Crippen LogP contribution in [-0.2, 0) is 11.3 Å². The summed E-state index contributed by atoms with van der Waals surface area (Å²) in [6, 6.07) is 15.0. The minimum atomic E-state index is -0.636. The van der Waals surface area contributed by atoms with Gasteiger partial charge in [-0.15, -0.1) is 0 Å². The number of rotatable bonds is 5. The van der Waals surface area contributed by atoms with E-state index in [4.69, 9.17) is 21.1 Å². The van der Waals surface area contributed by atoms with Crippen molar-refractivity contribution in [3.05, 3.63) is 48.0 Å². The number of benzene rings is 2. The van der Waals surface area contributed by atoms with E-state index < -0.39 is 6.09 Å². The number of nitrogens with one attached hydrogen (secondary N) is 1. The molecule has 27 heavy (non-hydrogen) atoms. The predicted octanol–water partition coefficient (Wildman–Crippen LogP) is 4.95. The maximum Gasteiger partial charge on any atom is 0.412 e. The number of aryl methyl sites for hydroxylation is 1. The van der Waals surface area contributed by atoms with Gasteiger partial charge in [-0.2, -0.15) is 5.26 Å². The number of nitrogens with zero attached hydrogens (tertiary/aromatic N) is 2. The van der Waals surface area contributed by atoms with Gasteiger partial charge in [0.05, 0.1) is 23.9 Å². The van der Waals surface area contributed by atoms with Crippen molar-refractivity contribution < 1.29 is 14.3 Å². The van der Waals surface area contributed by atoms with Crippen LogP contribution in [0.5, 0.6) is 5.75 Å². The van der Waals surface area contributed by atoms with Gasteiger partial charge in [0, 0.05) is 29.2 Å². The second kappa shape index (κ2) is 8.02. The zero-order valence-corrected chi connectivity index (χ0v) is 15.7. The van der Waals surface area contributed by atoms with Crippen molar-refractivity contribution in [1.29, 1.82) is 5.26 Å². The first-order valence-electron chi connectivity index (χ1n) is 8.33. The van der Waals surface area contributed by atoms with Gasteiger partial charge in [-0.05, 0) is 31.2 Å². The monoisotopic (exact) mass is 383 g/mol. The van der Waals surface area contributed by atoms with Crippen molar-refractivity contribution in [2.75, 3.05) is 18.5 Å². The molecule has 0 radical (unpaired) electrons. The maximum absolute atomic E-state index is 11.6.